The summed E-state index contributed by atoms with van der Waals surface area (Å²) in [5, 5.41) is 15.1. The fraction of sp³-hybridized carbons (Fsp3) is 0.333. The Hall–Kier alpha value is -2.80. The molecular weight excluding hydrogens is 324 g/mol. The lowest BCUT2D eigenvalue weighted by atomic mass is 10.1. The molecule has 0 radical (unpaired) electrons. The lowest BCUT2D eigenvalue weighted by Crippen LogP contribution is -2.36. The van der Waals surface area contributed by atoms with Crippen LogP contribution in [0, 0.1) is 13.8 Å². The number of aryl methyl sites for hydroxylation is 2. The van der Waals surface area contributed by atoms with Gasteiger partial charge in [0.1, 0.15) is 17.3 Å². The number of nitrogens with one attached hydrogen (secondary N) is 2. The highest BCUT2D eigenvalue weighted by molar-refractivity contribution is 6.39. The molecule has 25 heavy (non-hydrogen) atoms. The maximum atomic E-state index is 11.9. The molecule has 1 heterocycles. The van der Waals surface area contributed by atoms with Gasteiger partial charge in [0, 0.05) is 12.1 Å². The molecule has 7 nitrogen and oxygen atoms in total. The number of methoxy groups -OCH3 is 1. The van der Waals surface area contributed by atoms with Crippen molar-refractivity contribution >= 4 is 17.5 Å². The number of hydrogen-bond acceptors (Lipinski definition) is 5. The summed E-state index contributed by atoms with van der Waals surface area (Å²) >= 11 is 0. The average molecular weight is 346 g/mol. The third kappa shape index (κ3) is 4.84. The van der Waals surface area contributed by atoms with Crippen LogP contribution in [0.15, 0.2) is 34.7 Å². The van der Waals surface area contributed by atoms with Crippen molar-refractivity contribution in [1.82, 2.24) is 5.32 Å². The number of ether oxygens (including phenoxy) is 1. The van der Waals surface area contributed by atoms with Crippen molar-refractivity contribution in [2.75, 3.05) is 19.0 Å². The molecule has 2 amide bonds. The molecule has 2 aromatic rings. The molecular formula is C18H22N2O5. The molecule has 7 heteroatoms. The number of carbonyl (C=O) groups excluding carboxylic acids is 2. The monoisotopic (exact) mass is 346 g/mol. The number of furan rings is 1. The summed E-state index contributed by atoms with van der Waals surface area (Å²) in [4.78, 5) is 23.8. The first kappa shape index (κ1) is 18.5. The first-order chi connectivity index (χ1) is 11.9. The fourth-order valence-corrected chi connectivity index (χ4v) is 2.47. The molecule has 0 fully saturated rings. The largest absolute Gasteiger partial charge is 0.495 e. The summed E-state index contributed by atoms with van der Waals surface area (Å²) < 4.78 is 10.5. The maximum Gasteiger partial charge on any atom is 0.313 e. The predicted octanol–water partition coefficient (Wildman–Crippen LogP) is 2.08. The van der Waals surface area contributed by atoms with Gasteiger partial charge in [-0.25, -0.2) is 0 Å². The molecule has 1 aromatic heterocycles. The zero-order valence-electron chi connectivity index (χ0n) is 14.5. The molecule has 1 aromatic carbocycles. The number of anilines is 1. The first-order valence-corrected chi connectivity index (χ1v) is 7.89. The molecule has 134 valence electrons. The van der Waals surface area contributed by atoms with Gasteiger partial charge in [0.15, 0.2) is 0 Å². The number of amides is 2. The Kier molecular flexibility index (Phi) is 6.19. The molecule has 0 aliphatic carbocycles. The molecule has 0 aliphatic heterocycles. The first-order valence-electron chi connectivity index (χ1n) is 7.89. The van der Waals surface area contributed by atoms with Gasteiger partial charge < -0.3 is 24.9 Å². The van der Waals surface area contributed by atoms with Crippen LogP contribution >= 0.6 is 0 Å². The summed E-state index contributed by atoms with van der Waals surface area (Å²) in [5.41, 5.74) is 1.10. The number of benzene rings is 1. The SMILES string of the molecule is COc1ccccc1NC(=O)C(=O)NCC[C@@H](O)c1cc(C)oc1C. The summed E-state index contributed by atoms with van der Waals surface area (Å²) in [5.74, 6) is 0.245. The second-order valence-electron chi connectivity index (χ2n) is 5.58. The molecule has 2 rings (SSSR count). The number of rotatable bonds is 6. The highest BCUT2D eigenvalue weighted by atomic mass is 16.5. The van der Waals surface area contributed by atoms with E-state index in [1.807, 2.05) is 0 Å². The minimum atomic E-state index is -0.797. The standard InChI is InChI=1S/C18H22N2O5/c1-11-10-13(12(2)25-11)15(21)8-9-19-17(22)18(23)20-14-6-4-5-7-16(14)24-3/h4-7,10,15,21H,8-9H2,1-3H3,(H,19,22)(H,20,23)/t15-/m1/s1. The van der Waals surface area contributed by atoms with Gasteiger partial charge in [-0.3, -0.25) is 9.59 Å². The van der Waals surface area contributed by atoms with Crippen LogP contribution in [0.1, 0.15) is 29.6 Å². The number of aliphatic hydroxyl groups is 1. The van der Waals surface area contributed by atoms with E-state index in [-0.39, 0.29) is 13.0 Å². The van der Waals surface area contributed by atoms with E-state index in [0.717, 1.165) is 0 Å². The summed E-state index contributed by atoms with van der Waals surface area (Å²) in [6.45, 7) is 3.72. The molecule has 0 unspecified atom stereocenters. The van der Waals surface area contributed by atoms with E-state index in [9.17, 15) is 14.7 Å². The Balaban J connectivity index is 1.83. The average Bonchev–Trinajstić information content (AvgIpc) is 2.93. The predicted molar refractivity (Wildman–Crippen MR) is 92.4 cm³/mol. The summed E-state index contributed by atoms with van der Waals surface area (Å²) in [6, 6.07) is 8.56. The second kappa shape index (κ2) is 8.34. The lowest BCUT2D eigenvalue weighted by molar-refractivity contribution is -0.136. The maximum absolute atomic E-state index is 11.9. The molecule has 0 saturated heterocycles. The Morgan fingerprint density at radius 2 is 1.96 bits per heavy atom. The molecule has 0 aliphatic rings. The molecule has 0 spiro atoms. The topological polar surface area (TPSA) is 101 Å². The van der Waals surface area contributed by atoms with E-state index in [4.69, 9.17) is 9.15 Å². The Labute approximate surface area is 146 Å². The zero-order chi connectivity index (χ0) is 18.4. The number of para-hydroxylation sites is 2. The molecule has 1 atom stereocenters. The van der Waals surface area contributed by atoms with Gasteiger partial charge >= 0.3 is 11.8 Å². The van der Waals surface area contributed by atoms with Crippen molar-refractivity contribution in [2.45, 2.75) is 26.4 Å². The van der Waals surface area contributed by atoms with E-state index in [2.05, 4.69) is 10.6 Å². The third-order valence-electron chi connectivity index (χ3n) is 3.70. The van der Waals surface area contributed by atoms with Crippen molar-refractivity contribution in [3.8, 4) is 5.75 Å². The minimum Gasteiger partial charge on any atom is -0.495 e. The normalized spacial score (nSPS) is 11.7. The summed E-state index contributed by atoms with van der Waals surface area (Å²) in [7, 11) is 1.48. The zero-order valence-corrected chi connectivity index (χ0v) is 14.5. The number of hydrogen-bond donors (Lipinski definition) is 3. The number of carbonyl (C=O) groups is 2. The van der Waals surface area contributed by atoms with E-state index < -0.39 is 17.9 Å². The Morgan fingerprint density at radius 1 is 1.24 bits per heavy atom. The van der Waals surface area contributed by atoms with Gasteiger partial charge in [-0.1, -0.05) is 12.1 Å². The van der Waals surface area contributed by atoms with Crippen LogP contribution in [0.5, 0.6) is 5.75 Å². The Morgan fingerprint density at radius 3 is 2.60 bits per heavy atom. The minimum absolute atomic E-state index is 0.156. The van der Waals surface area contributed by atoms with E-state index in [1.165, 1.54) is 7.11 Å². The third-order valence-corrected chi connectivity index (χ3v) is 3.70. The van der Waals surface area contributed by atoms with E-state index >= 15 is 0 Å². The highest BCUT2D eigenvalue weighted by Gasteiger charge is 2.18. The van der Waals surface area contributed by atoms with Gasteiger partial charge in [-0.15, -0.1) is 0 Å². The van der Waals surface area contributed by atoms with E-state index in [0.29, 0.717) is 28.5 Å². The van der Waals surface area contributed by atoms with Gasteiger partial charge in [0.2, 0.25) is 0 Å². The van der Waals surface area contributed by atoms with Crippen molar-refractivity contribution in [3.05, 3.63) is 47.4 Å². The van der Waals surface area contributed by atoms with Crippen LogP contribution in [-0.2, 0) is 9.59 Å². The van der Waals surface area contributed by atoms with Gasteiger partial charge in [0.05, 0.1) is 18.9 Å². The van der Waals surface area contributed by atoms with Crippen molar-refractivity contribution in [1.29, 1.82) is 0 Å². The summed E-state index contributed by atoms with van der Waals surface area (Å²) in [6.07, 6.45) is -0.497. The Bertz CT molecular complexity index is 754. The molecule has 0 bridgehead atoms. The lowest BCUT2D eigenvalue weighted by Gasteiger charge is -2.11. The fourth-order valence-electron chi connectivity index (χ4n) is 2.47. The van der Waals surface area contributed by atoms with Crippen molar-refractivity contribution in [3.63, 3.8) is 0 Å². The van der Waals surface area contributed by atoms with Crippen LogP contribution in [0.2, 0.25) is 0 Å². The van der Waals surface area contributed by atoms with Crippen LogP contribution in [0.25, 0.3) is 0 Å². The van der Waals surface area contributed by atoms with Crippen molar-refractivity contribution in [2.24, 2.45) is 0 Å². The quantitative estimate of drug-likeness (QED) is 0.695. The van der Waals surface area contributed by atoms with Gasteiger partial charge in [-0.05, 0) is 38.5 Å². The molecule has 0 saturated carbocycles. The van der Waals surface area contributed by atoms with Crippen molar-refractivity contribution < 1.29 is 23.8 Å². The number of aliphatic hydroxyl groups excluding tert-OH is 1. The molecule has 3 N–H and O–H groups in total. The van der Waals surface area contributed by atoms with Crippen LogP contribution in [0.3, 0.4) is 0 Å². The second-order valence-corrected chi connectivity index (χ2v) is 5.58. The highest BCUT2D eigenvalue weighted by Crippen LogP contribution is 2.24. The van der Waals surface area contributed by atoms with Gasteiger partial charge in [-0.2, -0.15) is 0 Å². The smallest absolute Gasteiger partial charge is 0.313 e. The van der Waals surface area contributed by atoms with Gasteiger partial charge in [0.25, 0.3) is 0 Å². The van der Waals surface area contributed by atoms with Crippen LogP contribution in [0.4, 0.5) is 5.69 Å². The van der Waals surface area contributed by atoms with E-state index in [1.54, 1.807) is 44.2 Å². The van der Waals surface area contributed by atoms with Crippen LogP contribution in [-0.4, -0.2) is 30.6 Å². The van der Waals surface area contributed by atoms with Crippen LogP contribution < -0.4 is 15.4 Å².